The van der Waals surface area contributed by atoms with Crippen molar-refractivity contribution in [1.29, 1.82) is 0 Å². The number of hydrogen-bond acceptors (Lipinski definition) is 4. The molecule has 0 fully saturated rings. The van der Waals surface area contributed by atoms with Gasteiger partial charge < -0.3 is 14.6 Å². The van der Waals surface area contributed by atoms with Crippen LogP contribution in [0.1, 0.15) is 5.69 Å². The molecule has 2 aromatic carbocycles. The van der Waals surface area contributed by atoms with Crippen LogP contribution in [-0.4, -0.2) is 22.8 Å². The van der Waals surface area contributed by atoms with Crippen LogP contribution in [0.4, 0.5) is 39.5 Å². The van der Waals surface area contributed by atoms with Crippen molar-refractivity contribution in [3.05, 3.63) is 60.3 Å². The highest BCUT2D eigenvalue weighted by Crippen LogP contribution is 2.42. The molecule has 0 aliphatic rings. The zero-order chi connectivity index (χ0) is 24.6. The molecule has 1 aromatic heterocycles. The van der Waals surface area contributed by atoms with Crippen LogP contribution in [0.15, 0.2) is 54.6 Å². The highest BCUT2D eigenvalue weighted by molar-refractivity contribution is 5.80. The van der Waals surface area contributed by atoms with Gasteiger partial charge in [-0.3, -0.25) is 0 Å². The summed E-state index contributed by atoms with van der Waals surface area (Å²) in [5, 5.41) is 10.5. The molecule has 0 saturated heterocycles. The third-order valence-corrected chi connectivity index (χ3v) is 4.04. The van der Waals surface area contributed by atoms with Crippen LogP contribution < -0.4 is 9.47 Å². The normalized spacial score (nSPS) is 12.5. The largest absolute Gasteiger partial charge is 0.573 e. The molecule has 0 radical (unpaired) electrons. The maximum absolute atomic E-state index is 13.4. The molecule has 0 spiro atoms. The van der Waals surface area contributed by atoms with Crippen LogP contribution in [0.2, 0.25) is 0 Å². The van der Waals surface area contributed by atoms with Gasteiger partial charge in [0.2, 0.25) is 0 Å². The molecule has 0 bridgehead atoms. The van der Waals surface area contributed by atoms with Gasteiger partial charge in [-0.1, -0.05) is 12.1 Å². The van der Waals surface area contributed by atoms with E-state index in [4.69, 9.17) is 0 Å². The van der Waals surface area contributed by atoms with Crippen molar-refractivity contribution < 1.29 is 54.1 Å². The highest BCUT2D eigenvalue weighted by Gasteiger charge is 2.35. The molecule has 0 unspecified atom stereocenters. The lowest BCUT2D eigenvalue weighted by atomic mass is 10.00. The minimum atomic E-state index is -4.99. The second kappa shape index (κ2) is 8.37. The Labute approximate surface area is 178 Å². The number of ether oxygens (including phenoxy) is 2. The van der Waals surface area contributed by atoms with Crippen molar-refractivity contribution in [3.8, 4) is 39.6 Å². The Morgan fingerprint density at radius 1 is 0.636 bits per heavy atom. The molecule has 0 amide bonds. The molecule has 1 heterocycles. The van der Waals surface area contributed by atoms with Crippen molar-refractivity contribution >= 4 is 0 Å². The second-order valence-corrected chi connectivity index (χ2v) is 6.39. The summed E-state index contributed by atoms with van der Waals surface area (Å²) in [6, 6.07) is 7.65. The minimum absolute atomic E-state index is 0.104. The maximum atomic E-state index is 13.4. The Balaban J connectivity index is 2.07. The van der Waals surface area contributed by atoms with Gasteiger partial charge in [0.1, 0.15) is 28.6 Å². The Hall–Kier alpha value is -3.64. The molecule has 0 aliphatic carbocycles. The Bertz CT molecular complexity index is 1040. The van der Waals surface area contributed by atoms with Gasteiger partial charge in [-0.15, -0.1) is 26.3 Å². The summed E-state index contributed by atoms with van der Waals surface area (Å²) in [6.45, 7) is 0. The fourth-order valence-electron chi connectivity index (χ4n) is 2.76. The fraction of sp³-hybridized carbons (Fsp3) is 0.150. The van der Waals surface area contributed by atoms with Gasteiger partial charge in [0.25, 0.3) is 0 Å². The predicted molar refractivity (Wildman–Crippen MR) is 95.1 cm³/mol. The summed E-state index contributed by atoms with van der Waals surface area (Å²) in [6.07, 6.45) is -15.0. The molecule has 1 N–H and O–H groups in total. The molecule has 0 atom stereocenters. The Morgan fingerprint density at radius 3 is 1.45 bits per heavy atom. The first-order valence-corrected chi connectivity index (χ1v) is 8.66. The topological polar surface area (TPSA) is 51.6 Å². The van der Waals surface area contributed by atoms with E-state index in [2.05, 4.69) is 14.5 Å². The first-order chi connectivity index (χ1) is 15.1. The Morgan fingerprint density at radius 2 is 1.06 bits per heavy atom. The third-order valence-electron chi connectivity index (χ3n) is 4.04. The lowest BCUT2D eigenvalue weighted by Gasteiger charge is -2.15. The monoisotopic (exact) mass is 483 g/mol. The average molecular weight is 483 g/mol. The maximum Gasteiger partial charge on any atom is 0.573 e. The smallest absolute Gasteiger partial charge is 0.505 e. The van der Waals surface area contributed by atoms with Gasteiger partial charge in [-0.05, 0) is 48.0 Å². The molecular formula is C20H10F9NO3. The predicted octanol–water partition coefficient (Wildman–Crippen LogP) is 6.94. The van der Waals surface area contributed by atoms with Crippen LogP contribution >= 0.6 is 0 Å². The van der Waals surface area contributed by atoms with Gasteiger partial charge in [0.15, 0.2) is 0 Å². The third kappa shape index (κ3) is 6.20. The van der Waals surface area contributed by atoms with E-state index in [1.165, 1.54) is 0 Å². The summed E-state index contributed by atoms with van der Waals surface area (Å²) in [5.74, 6) is -2.08. The number of rotatable bonds is 4. The van der Waals surface area contributed by atoms with E-state index in [1.807, 2.05) is 0 Å². The van der Waals surface area contributed by atoms with Crippen molar-refractivity contribution in [2.75, 3.05) is 0 Å². The van der Waals surface area contributed by atoms with E-state index >= 15 is 0 Å². The number of aromatic hydroxyl groups is 1. The number of pyridine rings is 1. The number of benzene rings is 2. The number of halogens is 9. The number of alkyl halides is 9. The summed E-state index contributed by atoms with van der Waals surface area (Å²) in [7, 11) is 0. The molecule has 3 rings (SSSR count). The van der Waals surface area contributed by atoms with E-state index < -0.39 is 53.1 Å². The van der Waals surface area contributed by atoms with Gasteiger partial charge in [-0.2, -0.15) is 13.2 Å². The van der Waals surface area contributed by atoms with Gasteiger partial charge in [-0.25, -0.2) is 4.98 Å². The number of nitrogens with zero attached hydrogens (tertiary/aromatic N) is 1. The molecule has 0 aliphatic heterocycles. The van der Waals surface area contributed by atoms with Crippen molar-refractivity contribution in [2.24, 2.45) is 0 Å². The zero-order valence-corrected chi connectivity index (χ0v) is 15.8. The van der Waals surface area contributed by atoms with Gasteiger partial charge >= 0.3 is 18.9 Å². The van der Waals surface area contributed by atoms with Crippen LogP contribution in [0.3, 0.4) is 0 Å². The summed E-state index contributed by atoms with van der Waals surface area (Å²) < 4.78 is 121. The number of hydrogen-bond donors (Lipinski definition) is 1. The minimum Gasteiger partial charge on any atom is -0.505 e. The Kier molecular flexibility index (Phi) is 6.09. The van der Waals surface area contributed by atoms with E-state index in [0.29, 0.717) is 6.07 Å². The van der Waals surface area contributed by atoms with Gasteiger partial charge in [0.05, 0.1) is 0 Å². The van der Waals surface area contributed by atoms with E-state index in [0.717, 1.165) is 48.5 Å². The molecule has 0 saturated carbocycles. The summed E-state index contributed by atoms with van der Waals surface area (Å²) in [5.41, 5.74) is -2.77. The summed E-state index contributed by atoms with van der Waals surface area (Å²) in [4.78, 5) is 3.36. The van der Waals surface area contributed by atoms with Crippen LogP contribution in [0.5, 0.6) is 17.2 Å². The molecule has 4 nitrogen and oxygen atoms in total. The van der Waals surface area contributed by atoms with Gasteiger partial charge in [0, 0.05) is 11.1 Å². The summed E-state index contributed by atoms with van der Waals surface area (Å²) >= 11 is 0. The molecule has 176 valence electrons. The lowest BCUT2D eigenvalue weighted by molar-refractivity contribution is -0.275. The lowest BCUT2D eigenvalue weighted by Crippen LogP contribution is -2.17. The standard InChI is InChI=1S/C20H10F9NO3/c21-18(22,23)15-9-14(10-1-5-12(6-2-10)32-19(24,25)26)17(31)16(30-15)11-3-7-13(8-4-11)33-20(27,28)29/h1-9,31H. The second-order valence-electron chi connectivity index (χ2n) is 6.39. The quantitative estimate of drug-likeness (QED) is 0.409. The van der Waals surface area contributed by atoms with E-state index in [1.54, 1.807) is 0 Å². The van der Waals surface area contributed by atoms with E-state index in [9.17, 15) is 44.6 Å². The van der Waals surface area contributed by atoms with Crippen molar-refractivity contribution in [1.82, 2.24) is 4.98 Å². The zero-order valence-electron chi connectivity index (χ0n) is 15.8. The average Bonchev–Trinajstić information content (AvgIpc) is 2.66. The fourth-order valence-corrected chi connectivity index (χ4v) is 2.76. The van der Waals surface area contributed by atoms with Crippen LogP contribution in [0, 0.1) is 0 Å². The highest BCUT2D eigenvalue weighted by atomic mass is 19.4. The van der Waals surface area contributed by atoms with Crippen LogP contribution in [0.25, 0.3) is 22.4 Å². The SMILES string of the molecule is Oc1c(-c2ccc(OC(F)(F)F)cc2)cc(C(F)(F)F)nc1-c1ccc(OC(F)(F)F)cc1. The molecule has 33 heavy (non-hydrogen) atoms. The van der Waals surface area contributed by atoms with Crippen LogP contribution in [-0.2, 0) is 6.18 Å². The van der Waals surface area contributed by atoms with Crippen molar-refractivity contribution in [3.63, 3.8) is 0 Å². The molecule has 3 aromatic rings. The first-order valence-electron chi connectivity index (χ1n) is 8.66. The molecular weight excluding hydrogens is 473 g/mol. The molecule has 13 heteroatoms. The first kappa shape index (κ1) is 24.0. The van der Waals surface area contributed by atoms with Crippen molar-refractivity contribution in [2.45, 2.75) is 18.9 Å². The van der Waals surface area contributed by atoms with E-state index in [-0.39, 0.29) is 11.1 Å². The number of aromatic nitrogens is 1.